The van der Waals surface area contributed by atoms with Gasteiger partial charge in [0.05, 0.1) is 0 Å². The van der Waals surface area contributed by atoms with Crippen molar-refractivity contribution in [2.24, 2.45) is 17.1 Å². The molecule has 0 heterocycles. The maximum Gasteiger partial charge on any atom is 0.106 e. The van der Waals surface area contributed by atoms with Crippen molar-refractivity contribution < 1.29 is 0 Å². The molecular formula is C14H19BrN2S. The molecule has 2 rings (SSSR count). The van der Waals surface area contributed by atoms with Crippen LogP contribution in [0.1, 0.15) is 32.3 Å². The molecule has 1 saturated carbocycles. The van der Waals surface area contributed by atoms with Gasteiger partial charge in [0, 0.05) is 22.3 Å². The van der Waals surface area contributed by atoms with Gasteiger partial charge in [-0.1, -0.05) is 42.0 Å². The summed E-state index contributed by atoms with van der Waals surface area (Å²) in [7, 11) is 0. The molecule has 3 N–H and O–H groups in total. The molecule has 1 aliphatic carbocycles. The summed E-state index contributed by atoms with van der Waals surface area (Å²) in [6, 6.07) is 5.98. The van der Waals surface area contributed by atoms with Crippen molar-refractivity contribution in [2.45, 2.75) is 26.7 Å². The molecule has 1 aromatic rings. The summed E-state index contributed by atoms with van der Waals surface area (Å²) >= 11 is 8.58. The third-order valence-corrected chi connectivity index (χ3v) is 4.71. The lowest BCUT2D eigenvalue weighted by Gasteiger charge is -2.22. The summed E-state index contributed by atoms with van der Waals surface area (Å²) < 4.78 is 1.04. The van der Waals surface area contributed by atoms with E-state index in [1.807, 2.05) is 18.2 Å². The molecule has 1 aliphatic rings. The van der Waals surface area contributed by atoms with Crippen molar-refractivity contribution in [2.75, 3.05) is 11.9 Å². The SMILES string of the molecule is CC(C)C1(CNc2cc(Br)ccc2C(N)=S)CC1. The van der Waals surface area contributed by atoms with Crippen LogP contribution in [0.5, 0.6) is 0 Å². The summed E-state index contributed by atoms with van der Waals surface area (Å²) in [5.74, 6) is 0.713. The van der Waals surface area contributed by atoms with Crippen LogP contribution >= 0.6 is 28.1 Å². The number of nitrogens with one attached hydrogen (secondary N) is 1. The zero-order chi connectivity index (χ0) is 13.3. The van der Waals surface area contributed by atoms with Gasteiger partial charge in [-0.3, -0.25) is 0 Å². The Hall–Kier alpha value is -0.610. The molecule has 4 heteroatoms. The molecule has 18 heavy (non-hydrogen) atoms. The van der Waals surface area contributed by atoms with E-state index < -0.39 is 0 Å². The lowest BCUT2D eigenvalue weighted by Crippen LogP contribution is -2.22. The van der Waals surface area contributed by atoms with Crippen LogP contribution in [-0.2, 0) is 0 Å². The second kappa shape index (κ2) is 5.17. The van der Waals surface area contributed by atoms with Gasteiger partial charge in [0.25, 0.3) is 0 Å². The summed E-state index contributed by atoms with van der Waals surface area (Å²) in [6.07, 6.45) is 2.63. The lowest BCUT2D eigenvalue weighted by molar-refractivity contribution is 0.380. The van der Waals surface area contributed by atoms with Crippen molar-refractivity contribution in [1.82, 2.24) is 0 Å². The predicted molar refractivity (Wildman–Crippen MR) is 85.0 cm³/mol. The normalized spacial score (nSPS) is 16.7. The highest BCUT2D eigenvalue weighted by Gasteiger charge is 2.44. The van der Waals surface area contributed by atoms with Crippen LogP contribution in [0.15, 0.2) is 22.7 Å². The number of anilines is 1. The minimum absolute atomic E-state index is 0.444. The van der Waals surface area contributed by atoms with E-state index >= 15 is 0 Å². The molecule has 0 atom stereocenters. The molecule has 0 aliphatic heterocycles. The molecule has 2 nitrogen and oxygen atoms in total. The standard InChI is InChI=1S/C14H19BrN2S/c1-9(2)14(5-6-14)8-17-12-7-10(15)3-4-11(12)13(16)18/h3-4,7,9,17H,5-6,8H2,1-2H3,(H2,16,18). The smallest absolute Gasteiger partial charge is 0.106 e. The monoisotopic (exact) mass is 326 g/mol. The molecule has 0 saturated heterocycles. The van der Waals surface area contributed by atoms with E-state index in [0.29, 0.717) is 16.3 Å². The van der Waals surface area contributed by atoms with Crippen molar-refractivity contribution in [3.8, 4) is 0 Å². The second-order valence-corrected chi connectivity index (χ2v) is 6.78. The first kappa shape index (κ1) is 13.8. The largest absolute Gasteiger partial charge is 0.389 e. The van der Waals surface area contributed by atoms with Gasteiger partial charge in [-0.25, -0.2) is 0 Å². The van der Waals surface area contributed by atoms with Crippen molar-refractivity contribution in [3.63, 3.8) is 0 Å². The third kappa shape index (κ3) is 2.86. The zero-order valence-corrected chi connectivity index (χ0v) is 13.2. The Balaban J connectivity index is 2.14. The molecule has 0 radical (unpaired) electrons. The van der Waals surface area contributed by atoms with E-state index in [0.717, 1.165) is 22.3 Å². The number of hydrogen-bond donors (Lipinski definition) is 2. The highest BCUT2D eigenvalue weighted by atomic mass is 79.9. The van der Waals surface area contributed by atoms with Crippen LogP contribution in [0.4, 0.5) is 5.69 Å². The molecule has 98 valence electrons. The summed E-state index contributed by atoms with van der Waals surface area (Å²) in [4.78, 5) is 0.444. The van der Waals surface area contributed by atoms with Crippen LogP contribution in [0, 0.1) is 11.3 Å². The minimum atomic E-state index is 0.444. The first-order valence-electron chi connectivity index (χ1n) is 6.28. The van der Waals surface area contributed by atoms with Gasteiger partial charge in [0.15, 0.2) is 0 Å². The molecule has 0 unspecified atom stereocenters. The highest BCUT2D eigenvalue weighted by Crippen LogP contribution is 2.51. The number of thiocarbonyl (C=S) groups is 1. The van der Waals surface area contributed by atoms with Gasteiger partial charge in [-0.05, 0) is 42.4 Å². The van der Waals surface area contributed by atoms with Crippen LogP contribution in [0.2, 0.25) is 0 Å². The average molecular weight is 327 g/mol. The van der Waals surface area contributed by atoms with Gasteiger partial charge in [0.1, 0.15) is 4.99 Å². The molecule has 0 amide bonds. The predicted octanol–water partition coefficient (Wildman–Crippen LogP) is 3.93. The quantitative estimate of drug-likeness (QED) is 0.805. The first-order valence-corrected chi connectivity index (χ1v) is 7.48. The molecule has 1 aromatic carbocycles. The fraction of sp³-hybridized carbons (Fsp3) is 0.500. The number of rotatable bonds is 5. The van der Waals surface area contributed by atoms with E-state index in [2.05, 4.69) is 35.1 Å². The number of halogens is 1. The summed E-state index contributed by atoms with van der Waals surface area (Å²) in [6.45, 7) is 5.59. The lowest BCUT2D eigenvalue weighted by atomic mass is 9.92. The van der Waals surface area contributed by atoms with E-state index in [1.165, 1.54) is 12.8 Å². The highest BCUT2D eigenvalue weighted by molar-refractivity contribution is 9.10. The summed E-state index contributed by atoms with van der Waals surface area (Å²) in [5.41, 5.74) is 8.18. The van der Waals surface area contributed by atoms with Crippen LogP contribution in [-0.4, -0.2) is 11.5 Å². The van der Waals surface area contributed by atoms with E-state index in [-0.39, 0.29) is 0 Å². The third-order valence-electron chi connectivity index (χ3n) is 3.99. The van der Waals surface area contributed by atoms with Crippen molar-refractivity contribution >= 4 is 38.8 Å². The van der Waals surface area contributed by atoms with E-state index in [1.54, 1.807) is 0 Å². The van der Waals surface area contributed by atoms with Crippen LogP contribution in [0.25, 0.3) is 0 Å². The van der Waals surface area contributed by atoms with Crippen molar-refractivity contribution in [3.05, 3.63) is 28.2 Å². The Morgan fingerprint density at radius 3 is 2.67 bits per heavy atom. The van der Waals surface area contributed by atoms with Crippen LogP contribution in [0.3, 0.4) is 0 Å². The molecular weight excluding hydrogens is 308 g/mol. The Bertz CT molecular complexity index is 467. The fourth-order valence-electron chi connectivity index (χ4n) is 2.27. The number of hydrogen-bond acceptors (Lipinski definition) is 2. The van der Waals surface area contributed by atoms with E-state index in [4.69, 9.17) is 18.0 Å². The number of nitrogens with two attached hydrogens (primary N) is 1. The molecule has 0 spiro atoms. The Kier molecular flexibility index (Phi) is 3.97. The summed E-state index contributed by atoms with van der Waals surface area (Å²) in [5, 5.41) is 3.52. The molecule has 0 bridgehead atoms. The minimum Gasteiger partial charge on any atom is -0.389 e. The van der Waals surface area contributed by atoms with Crippen LogP contribution < -0.4 is 11.1 Å². The number of benzene rings is 1. The van der Waals surface area contributed by atoms with Gasteiger partial charge < -0.3 is 11.1 Å². The maximum atomic E-state index is 5.76. The van der Waals surface area contributed by atoms with Gasteiger partial charge in [-0.15, -0.1) is 0 Å². The zero-order valence-electron chi connectivity index (χ0n) is 10.8. The Morgan fingerprint density at radius 1 is 1.50 bits per heavy atom. The molecule has 0 aromatic heterocycles. The van der Waals surface area contributed by atoms with Gasteiger partial charge in [-0.2, -0.15) is 0 Å². The fourth-order valence-corrected chi connectivity index (χ4v) is 2.81. The Labute approximate surface area is 122 Å². The topological polar surface area (TPSA) is 38.0 Å². The average Bonchev–Trinajstić information content (AvgIpc) is 3.07. The Morgan fingerprint density at radius 2 is 2.17 bits per heavy atom. The van der Waals surface area contributed by atoms with Gasteiger partial charge >= 0.3 is 0 Å². The van der Waals surface area contributed by atoms with Crippen molar-refractivity contribution in [1.29, 1.82) is 0 Å². The second-order valence-electron chi connectivity index (χ2n) is 5.42. The molecule has 1 fully saturated rings. The first-order chi connectivity index (χ1) is 8.44. The van der Waals surface area contributed by atoms with E-state index in [9.17, 15) is 0 Å². The van der Waals surface area contributed by atoms with Gasteiger partial charge in [0.2, 0.25) is 0 Å². The maximum absolute atomic E-state index is 5.76.